The lowest BCUT2D eigenvalue weighted by Gasteiger charge is -2.31. The molecule has 0 saturated carbocycles. The monoisotopic (exact) mass is 377 g/mol. The van der Waals surface area contributed by atoms with Crippen LogP contribution < -0.4 is 4.74 Å². The van der Waals surface area contributed by atoms with Crippen molar-refractivity contribution in [3.63, 3.8) is 0 Å². The van der Waals surface area contributed by atoms with Gasteiger partial charge in [-0.1, -0.05) is 0 Å². The third-order valence-electron chi connectivity index (χ3n) is 4.63. The third kappa shape index (κ3) is 3.49. The Kier molecular flexibility index (Phi) is 4.61. The summed E-state index contributed by atoms with van der Waals surface area (Å²) in [5.41, 5.74) is 2.19. The molecule has 1 saturated heterocycles. The maximum absolute atomic E-state index is 12.9. The number of aryl methyl sites for hydroxylation is 2. The van der Waals surface area contributed by atoms with Gasteiger partial charge in [-0.15, -0.1) is 5.10 Å². The number of amides is 1. The highest BCUT2D eigenvalue weighted by Crippen LogP contribution is 2.19. The van der Waals surface area contributed by atoms with Crippen LogP contribution in [0.2, 0.25) is 0 Å². The zero-order chi connectivity index (χ0) is 19.7. The number of nitriles is 1. The quantitative estimate of drug-likeness (QED) is 0.683. The number of aromatic nitrogens is 5. The van der Waals surface area contributed by atoms with E-state index in [0.717, 1.165) is 24.2 Å². The van der Waals surface area contributed by atoms with E-state index in [4.69, 9.17) is 10.00 Å². The first-order chi connectivity index (χ1) is 13.5. The number of likely N-dealkylation sites (tertiary alicyclic amines) is 1. The number of nitrogens with zero attached hydrogens (tertiary/aromatic N) is 7. The van der Waals surface area contributed by atoms with E-state index < -0.39 is 0 Å². The molecule has 1 aliphatic rings. The predicted molar refractivity (Wildman–Crippen MR) is 98.8 cm³/mol. The fourth-order valence-corrected chi connectivity index (χ4v) is 3.33. The van der Waals surface area contributed by atoms with E-state index in [9.17, 15) is 4.79 Å². The van der Waals surface area contributed by atoms with Gasteiger partial charge in [-0.3, -0.25) is 4.79 Å². The van der Waals surface area contributed by atoms with E-state index in [1.54, 1.807) is 21.5 Å². The van der Waals surface area contributed by atoms with Crippen molar-refractivity contribution >= 4 is 11.7 Å². The van der Waals surface area contributed by atoms with Crippen LogP contribution in [0.5, 0.6) is 5.88 Å². The fraction of sp³-hybridized carbons (Fsp3) is 0.368. The summed E-state index contributed by atoms with van der Waals surface area (Å²) in [6.45, 7) is 4.81. The van der Waals surface area contributed by atoms with Crippen molar-refractivity contribution in [2.45, 2.75) is 32.8 Å². The van der Waals surface area contributed by atoms with Crippen molar-refractivity contribution in [3.8, 4) is 11.9 Å². The second kappa shape index (κ2) is 7.23. The fourth-order valence-electron chi connectivity index (χ4n) is 3.33. The number of hydrogen-bond acceptors (Lipinski definition) is 7. The number of rotatable bonds is 3. The number of piperidine rings is 1. The average Bonchev–Trinajstić information content (AvgIpc) is 3.12. The molecule has 0 unspecified atom stereocenters. The number of fused-ring (bicyclic) bond motifs is 1. The molecule has 4 heterocycles. The number of carbonyl (C=O) groups is 1. The lowest BCUT2D eigenvalue weighted by molar-refractivity contribution is 0.0517. The van der Waals surface area contributed by atoms with Crippen molar-refractivity contribution < 1.29 is 9.53 Å². The van der Waals surface area contributed by atoms with E-state index in [2.05, 4.69) is 26.1 Å². The summed E-state index contributed by atoms with van der Waals surface area (Å²) < 4.78 is 7.47. The van der Waals surface area contributed by atoms with Gasteiger partial charge in [0, 0.05) is 30.2 Å². The van der Waals surface area contributed by atoms with Crippen LogP contribution in [0.25, 0.3) is 5.78 Å². The molecule has 3 aromatic rings. The van der Waals surface area contributed by atoms with E-state index in [-0.39, 0.29) is 17.8 Å². The molecule has 0 aliphatic carbocycles. The molecule has 0 N–H and O–H groups in total. The Bertz CT molecular complexity index is 1090. The lowest BCUT2D eigenvalue weighted by atomic mass is 10.1. The molecule has 9 heteroatoms. The Morgan fingerprint density at radius 3 is 3.00 bits per heavy atom. The Morgan fingerprint density at radius 2 is 2.18 bits per heavy atom. The summed E-state index contributed by atoms with van der Waals surface area (Å²) in [5, 5.41) is 13.3. The highest BCUT2D eigenvalue weighted by molar-refractivity contribution is 5.91. The van der Waals surface area contributed by atoms with Crippen LogP contribution in [0.1, 0.15) is 40.4 Å². The molecule has 142 valence electrons. The summed E-state index contributed by atoms with van der Waals surface area (Å²) in [7, 11) is 0. The topological polar surface area (TPSA) is 109 Å². The standard InChI is InChI=1S/C19H19N7O2/c1-12-8-13(2)26-19(22-12)23-17(24-26)18(27)25-7-3-4-15(11-25)28-16-9-14(10-20)5-6-21-16/h5-6,8-9,15H,3-4,7,11H2,1-2H3/t15-/m0/s1. The first kappa shape index (κ1) is 17.9. The van der Waals surface area contributed by atoms with Crippen molar-refractivity contribution in [3.05, 3.63) is 47.2 Å². The van der Waals surface area contributed by atoms with Gasteiger partial charge in [0.05, 0.1) is 18.2 Å². The molecule has 4 rings (SSSR count). The zero-order valence-corrected chi connectivity index (χ0v) is 15.7. The average molecular weight is 377 g/mol. The van der Waals surface area contributed by atoms with Gasteiger partial charge in [0.1, 0.15) is 6.10 Å². The second-order valence-corrected chi connectivity index (χ2v) is 6.81. The van der Waals surface area contributed by atoms with Crippen LogP contribution in [-0.2, 0) is 0 Å². The van der Waals surface area contributed by atoms with Crippen LogP contribution in [0, 0.1) is 25.2 Å². The van der Waals surface area contributed by atoms with E-state index in [1.807, 2.05) is 19.9 Å². The summed E-state index contributed by atoms with van der Waals surface area (Å²) in [6, 6.07) is 7.18. The van der Waals surface area contributed by atoms with Gasteiger partial charge in [0.15, 0.2) is 0 Å². The van der Waals surface area contributed by atoms with Gasteiger partial charge < -0.3 is 9.64 Å². The molecule has 1 aliphatic heterocycles. The molecule has 28 heavy (non-hydrogen) atoms. The van der Waals surface area contributed by atoms with Crippen molar-refractivity contribution in [2.24, 2.45) is 0 Å². The van der Waals surface area contributed by atoms with Crippen molar-refractivity contribution in [1.82, 2.24) is 29.5 Å². The van der Waals surface area contributed by atoms with Crippen molar-refractivity contribution in [1.29, 1.82) is 5.26 Å². The molecule has 0 radical (unpaired) electrons. The van der Waals surface area contributed by atoms with Crippen LogP contribution in [0.3, 0.4) is 0 Å². The Hall–Kier alpha value is -3.54. The first-order valence-electron chi connectivity index (χ1n) is 9.06. The molecule has 1 fully saturated rings. The summed E-state index contributed by atoms with van der Waals surface area (Å²) in [5.74, 6) is 0.698. The van der Waals surface area contributed by atoms with Crippen LogP contribution in [0.15, 0.2) is 24.4 Å². The SMILES string of the molecule is Cc1cc(C)n2nc(C(=O)N3CCC[C@H](Oc4cc(C#N)ccn4)C3)nc2n1. The molecule has 1 amide bonds. The maximum Gasteiger partial charge on any atom is 0.293 e. The number of hydrogen-bond donors (Lipinski definition) is 0. The molecule has 0 aromatic carbocycles. The smallest absolute Gasteiger partial charge is 0.293 e. The molecule has 3 aromatic heterocycles. The highest BCUT2D eigenvalue weighted by atomic mass is 16.5. The molecule has 9 nitrogen and oxygen atoms in total. The molecular formula is C19H19N7O2. The molecule has 0 spiro atoms. The Labute approximate surface area is 161 Å². The zero-order valence-electron chi connectivity index (χ0n) is 15.7. The Balaban J connectivity index is 1.50. The van der Waals surface area contributed by atoms with Crippen molar-refractivity contribution in [2.75, 3.05) is 13.1 Å². The normalized spacial score (nSPS) is 16.8. The minimum atomic E-state index is -0.241. The second-order valence-electron chi connectivity index (χ2n) is 6.81. The first-order valence-corrected chi connectivity index (χ1v) is 9.06. The third-order valence-corrected chi connectivity index (χ3v) is 4.63. The Morgan fingerprint density at radius 1 is 1.32 bits per heavy atom. The lowest BCUT2D eigenvalue weighted by Crippen LogP contribution is -2.44. The maximum atomic E-state index is 12.9. The van der Waals surface area contributed by atoms with Gasteiger partial charge in [0.25, 0.3) is 11.7 Å². The number of carbonyl (C=O) groups excluding carboxylic acids is 1. The minimum Gasteiger partial charge on any atom is -0.472 e. The van der Waals surface area contributed by atoms with E-state index in [1.165, 1.54) is 6.20 Å². The van der Waals surface area contributed by atoms with Crippen LogP contribution in [0.4, 0.5) is 0 Å². The predicted octanol–water partition coefficient (Wildman–Crippen LogP) is 1.69. The van der Waals surface area contributed by atoms with Gasteiger partial charge in [-0.05, 0) is 38.8 Å². The molecule has 1 atom stereocenters. The van der Waals surface area contributed by atoms with E-state index in [0.29, 0.717) is 30.3 Å². The summed E-state index contributed by atoms with van der Waals surface area (Å²) >= 11 is 0. The number of ether oxygens (including phenoxy) is 1. The van der Waals surface area contributed by atoms with Gasteiger partial charge in [-0.2, -0.15) is 10.2 Å². The number of pyridine rings is 1. The van der Waals surface area contributed by atoms with Crippen LogP contribution >= 0.6 is 0 Å². The van der Waals surface area contributed by atoms with Gasteiger partial charge >= 0.3 is 0 Å². The highest BCUT2D eigenvalue weighted by Gasteiger charge is 2.28. The minimum absolute atomic E-state index is 0.131. The van der Waals surface area contributed by atoms with E-state index >= 15 is 0 Å². The van der Waals surface area contributed by atoms with Crippen LogP contribution in [-0.4, -0.2) is 54.6 Å². The largest absolute Gasteiger partial charge is 0.472 e. The molecular weight excluding hydrogens is 358 g/mol. The van der Waals surface area contributed by atoms with Gasteiger partial charge in [-0.25, -0.2) is 14.5 Å². The summed E-state index contributed by atoms with van der Waals surface area (Å²) in [4.78, 5) is 27.4. The molecule has 0 bridgehead atoms. The van der Waals surface area contributed by atoms with Gasteiger partial charge in [0.2, 0.25) is 11.7 Å². The summed E-state index contributed by atoms with van der Waals surface area (Å²) in [6.07, 6.45) is 2.95.